The molecule has 2 heterocycles. The lowest BCUT2D eigenvalue weighted by atomic mass is 9.86. The highest BCUT2D eigenvalue weighted by Crippen LogP contribution is 2.48. The highest BCUT2D eigenvalue weighted by atomic mass is 19.2. The van der Waals surface area contributed by atoms with Gasteiger partial charge in [0.2, 0.25) is 0 Å². The zero-order valence-corrected chi connectivity index (χ0v) is 20.5. The highest BCUT2D eigenvalue weighted by Gasteiger charge is 2.32. The number of allylic oxidation sites excluding steroid dienone is 1. The third kappa shape index (κ3) is 4.85. The number of alkyl halides is 1. The van der Waals surface area contributed by atoms with Crippen molar-refractivity contribution in [3.63, 3.8) is 0 Å². The van der Waals surface area contributed by atoms with Crippen molar-refractivity contribution >= 4 is 11.1 Å². The number of likely N-dealkylation sites (tertiary alicyclic amines) is 1. The number of ether oxygens (including phenoxy) is 2. The Morgan fingerprint density at radius 1 is 1.05 bits per heavy atom. The first-order valence-electron chi connectivity index (χ1n) is 12.2. The van der Waals surface area contributed by atoms with E-state index in [1.165, 1.54) is 12.1 Å². The van der Waals surface area contributed by atoms with Crippen molar-refractivity contribution in [2.45, 2.75) is 26.0 Å². The number of hydrogen-bond acceptors (Lipinski definition) is 5. The van der Waals surface area contributed by atoms with Crippen LogP contribution >= 0.6 is 0 Å². The standard InChI is InChI=1S/C29H28F3NO4/c1-16(33-13-18(12-30)14-33)15-36-22-6-3-19(4-7-22)29-27(20-9-24(31)28(32)25(35)10-20)17(2)23-11-21(34)5-8-26(23)37-29/h3-11,16,18,29,34-35H,12-15H2,1-2H3/t16-,29?/m0/s1. The smallest absolute Gasteiger partial charge is 0.200 e. The van der Waals surface area contributed by atoms with E-state index in [0.717, 1.165) is 24.7 Å². The summed E-state index contributed by atoms with van der Waals surface area (Å²) in [7, 11) is 0. The number of rotatable bonds is 7. The van der Waals surface area contributed by atoms with E-state index in [2.05, 4.69) is 4.90 Å². The van der Waals surface area contributed by atoms with Gasteiger partial charge < -0.3 is 19.7 Å². The zero-order chi connectivity index (χ0) is 26.3. The molecule has 0 radical (unpaired) electrons. The molecule has 0 saturated carbocycles. The Bertz CT molecular complexity index is 1310. The van der Waals surface area contributed by atoms with Crippen molar-refractivity contribution in [1.82, 2.24) is 4.90 Å². The van der Waals surface area contributed by atoms with Crippen LogP contribution in [0.3, 0.4) is 0 Å². The van der Waals surface area contributed by atoms with E-state index in [1.54, 1.807) is 12.1 Å². The summed E-state index contributed by atoms with van der Waals surface area (Å²) >= 11 is 0. The molecular weight excluding hydrogens is 483 g/mol. The second-order valence-corrected chi connectivity index (χ2v) is 9.71. The van der Waals surface area contributed by atoms with Crippen LogP contribution in [-0.2, 0) is 0 Å². The van der Waals surface area contributed by atoms with Crippen LogP contribution in [0.2, 0.25) is 0 Å². The number of hydrogen-bond donors (Lipinski definition) is 2. The summed E-state index contributed by atoms with van der Waals surface area (Å²) in [5.41, 5.74) is 2.86. The summed E-state index contributed by atoms with van der Waals surface area (Å²) in [6.45, 7) is 5.51. The molecule has 0 spiro atoms. The Hall–Kier alpha value is -3.65. The van der Waals surface area contributed by atoms with Crippen LogP contribution in [0.5, 0.6) is 23.0 Å². The molecule has 5 rings (SSSR count). The van der Waals surface area contributed by atoms with E-state index in [4.69, 9.17) is 9.47 Å². The maximum Gasteiger partial charge on any atom is 0.200 e. The lowest BCUT2D eigenvalue weighted by Gasteiger charge is -2.41. The second-order valence-electron chi connectivity index (χ2n) is 9.71. The predicted molar refractivity (Wildman–Crippen MR) is 134 cm³/mol. The first-order valence-corrected chi connectivity index (χ1v) is 12.2. The quantitative estimate of drug-likeness (QED) is 0.401. The van der Waals surface area contributed by atoms with E-state index in [-0.39, 0.29) is 29.9 Å². The molecule has 3 aromatic carbocycles. The fourth-order valence-electron chi connectivity index (χ4n) is 4.90. The van der Waals surface area contributed by atoms with E-state index in [1.807, 2.05) is 38.1 Å². The van der Waals surface area contributed by atoms with Crippen molar-refractivity contribution in [3.05, 3.63) is 82.9 Å². The minimum absolute atomic E-state index is 0.0433. The average molecular weight is 512 g/mol. The first kappa shape index (κ1) is 25.0. The van der Waals surface area contributed by atoms with Crippen LogP contribution in [0, 0.1) is 17.6 Å². The van der Waals surface area contributed by atoms with Gasteiger partial charge in [0.25, 0.3) is 0 Å². The van der Waals surface area contributed by atoms with Crippen LogP contribution in [0.15, 0.2) is 54.6 Å². The molecule has 1 saturated heterocycles. The molecular formula is C29H28F3NO4. The van der Waals surface area contributed by atoms with Crippen molar-refractivity contribution < 1.29 is 32.9 Å². The number of aromatic hydroxyl groups is 2. The van der Waals surface area contributed by atoms with Gasteiger partial charge in [-0.25, -0.2) is 4.39 Å². The molecule has 0 amide bonds. The fraction of sp³-hybridized carbons (Fsp3) is 0.310. The molecule has 2 aliphatic heterocycles. The molecule has 0 aromatic heterocycles. The number of halogens is 3. The van der Waals surface area contributed by atoms with E-state index < -0.39 is 23.5 Å². The van der Waals surface area contributed by atoms with Gasteiger partial charge in [-0.1, -0.05) is 12.1 Å². The van der Waals surface area contributed by atoms with Crippen LogP contribution in [0.1, 0.15) is 36.6 Å². The van der Waals surface area contributed by atoms with Crippen molar-refractivity contribution in [2.75, 3.05) is 26.4 Å². The van der Waals surface area contributed by atoms with Crippen LogP contribution in [-0.4, -0.2) is 47.5 Å². The molecule has 5 nitrogen and oxygen atoms in total. The normalized spacial score (nSPS) is 18.7. The van der Waals surface area contributed by atoms with Crippen LogP contribution in [0.4, 0.5) is 13.2 Å². The maximum atomic E-state index is 14.3. The first-order chi connectivity index (χ1) is 17.7. The van der Waals surface area contributed by atoms with Gasteiger partial charge in [0.05, 0.1) is 6.67 Å². The Morgan fingerprint density at radius 3 is 2.46 bits per heavy atom. The Morgan fingerprint density at radius 2 is 1.78 bits per heavy atom. The van der Waals surface area contributed by atoms with Crippen LogP contribution in [0.25, 0.3) is 11.1 Å². The van der Waals surface area contributed by atoms with Gasteiger partial charge in [-0.3, -0.25) is 9.29 Å². The molecule has 0 bridgehead atoms. The van der Waals surface area contributed by atoms with Gasteiger partial charge in [0, 0.05) is 36.2 Å². The number of fused-ring (bicyclic) bond motifs is 1. The molecule has 0 aliphatic carbocycles. The fourth-order valence-corrected chi connectivity index (χ4v) is 4.90. The molecule has 3 aromatic rings. The molecule has 1 unspecified atom stereocenters. The topological polar surface area (TPSA) is 62.2 Å². The predicted octanol–water partition coefficient (Wildman–Crippen LogP) is 6.11. The molecule has 2 atom stereocenters. The summed E-state index contributed by atoms with van der Waals surface area (Å²) in [5.74, 6) is -1.93. The van der Waals surface area contributed by atoms with E-state index in [0.29, 0.717) is 34.8 Å². The Kier molecular flexibility index (Phi) is 6.77. The third-order valence-corrected chi connectivity index (χ3v) is 7.10. The number of benzene rings is 3. The molecule has 2 aliphatic rings. The van der Waals surface area contributed by atoms with E-state index in [9.17, 15) is 23.4 Å². The third-order valence-electron chi connectivity index (χ3n) is 7.10. The Balaban J connectivity index is 1.43. The molecule has 8 heteroatoms. The Labute approximate surface area is 213 Å². The lowest BCUT2D eigenvalue weighted by molar-refractivity contribution is 0.0265. The maximum absolute atomic E-state index is 14.3. The second kappa shape index (κ2) is 10.0. The van der Waals surface area contributed by atoms with Crippen molar-refractivity contribution in [1.29, 1.82) is 0 Å². The zero-order valence-electron chi connectivity index (χ0n) is 20.5. The minimum Gasteiger partial charge on any atom is -0.508 e. The monoisotopic (exact) mass is 511 g/mol. The number of phenols is 2. The largest absolute Gasteiger partial charge is 0.508 e. The van der Waals surface area contributed by atoms with E-state index >= 15 is 0 Å². The average Bonchev–Trinajstić information content (AvgIpc) is 2.85. The summed E-state index contributed by atoms with van der Waals surface area (Å²) in [6, 6.07) is 14.4. The van der Waals surface area contributed by atoms with Gasteiger partial charge in [-0.2, -0.15) is 4.39 Å². The van der Waals surface area contributed by atoms with Gasteiger partial charge in [0.1, 0.15) is 30.0 Å². The highest BCUT2D eigenvalue weighted by molar-refractivity contribution is 5.96. The van der Waals surface area contributed by atoms with Crippen LogP contribution < -0.4 is 9.47 Å². The molecule has 2 N–H and O–H groups in total. The number of phenolic OH excluding ortho intramolecular Hbond substituents is 2. The summed E-state index contributed by atoms with van der Waals surface area (Å²) in [5, 5.41) is 20.0. The summed E-state index contributed by atoms with van der Waals surface area (Å²) in [4.78, 5) is 2.18. The van der Waals surface area contributed by atoms with Crippen molar-refractivity contribution in [3.8, 4) is 23.0 Å². The van der Waals surface area contributed by atoms with Gasteiger partial charge in [-0.15, -0.1) is 0 Å². The summed E-state index contributed by atoms with van der Waals surface area (Å²) in [6.07, 6.45) is -0.687. The minimum atomic E-state index is -1.32. The van der Waals surface area contributed by atoms with Gasteiger partial charge >= 0.3 is 0 Å². The van der Waals surface area contributed by atoms with Crippen molar-refractivity contribution in [2.24, 2.45) is 5.92 Å². The van der Waals surface area contributed by atoms with Gasteiger partial charge in [0.15, 0.2) is 17.4 Å². The number of nitrogens with zero attached hydrogens (tertiary/aromatic N) is 1. The molecule has 194 valence electrons. The molecule has 37 heavy (non-hydrogen) atoms. The lowest BCUT2D eigenvalue weighted by Crippen LogP contribution is -2.53. The molecule has 1 fully saturated rings. The van der Waals surface area contributed by atoms with Gasteiger partial charge in [-0.05, 0) is 73.0 Å². The summed E-state index contributed by atoms with van der Waals surface area (Å²) < 4.78 is 53.0. The SMILES string of the molecule is CC1=C(c2cc(O)c(F)c(F)c2)C(c2ccc(OC[C@H](C)N3CC(CF)C3)cc2)Oc2ccc(O)cc21.